The maximum atomic E-state index is 12.0. The Bertz CT molecular complexity index is 684. The van der Waals surface area contributed by atoms with Gasteiger partial charge >= 0.3 is 5.97 Å². The van der Waals surface area contributed by atoms with E-state index in [9.17, 15) is 4.79 Å². The molecular formula is C21H26O3. The molecule has 0 radical (unpaired) electrons. The first-order chi connectivity index (χ1) is 11.4. The van der Waals surface area contributed by atoms with Gasteiger partial charge in [-0.2, -0.15) is 0 Å². The molecule has 3 heteroatoms. The van der Waals surface area contributed by atoms with E-state index in [4.69, 9.17) is 9.47 Å². The van der Waals surface area contributed by atoms with Crippen LogP contribution in [0.5, 0.6) is 5.75 Å². The molecule has 0 saturated heterocycles. The maximum Gasteiger partial charge on any atom is 0.306 e. The molecule has 0 heterocycles. The van der Waals surface area contributed by atoms with E-state index in [-0.39, 0.29) is 23.7 Å². The topological polar surface area (TPSA) is 35.5 Å². The molecule has 0 N–H and O–H groups in total. The molecule has 3 nitrogen and oxygen atoms in total. The van der Waals surface area contributed by atoms with Gasteiger partial charge in [0.15, 0.2) is 0 Å². The van der Waals surface area contributed by atoms with Crippen LogP contribution in [0, 0.1) is 0 Å². The highest BCUT2D eigenvalue weighted by atomic mass is 16.5. The van der Waals surface area contributed by atoms with Crippen molar-refractivity contribution in [1.82, 2.24) is 0 Å². The molecule has 0 bridgehead atoms. The fourth-order valence-electron chi connectivity index (χ4n) is 2.82. The lowest BCUT2D eigenvalue weighted by atomic mass is 9.81. The smallest absolute Gasteiger partial charge is 0.306 e. The number of methoxy groups -OCH3 is 2. The Morgan fingerprint density at radius 3 is 2.25 bits per heavy atom. The minimum absolute atomic E-state index is 0.0214. The van der Waals surface area contributed by atoms with Gasteiger partial charge in [0.2, 0.25) is 0 Å². The van der Waals surface area contributed by atoms with E-state index in [1.54, 1.807) is 7.11 Å². The molecule has 2 rings (SSSR count). The lowest BCUT2D eigenvalue weighted by Crippen LogP contribution is -2.15. The molecule has 0 amide bonds. The molecule has 0 aliphatic rings. The standard InChI is InChI=1S/C21H26O3/c1-21(2,3)16-11-12-19(23-4)18(13-16)17(14-20(22)24-5)15-9-7-6-8-10-15/h6-13,17H,14H2,1-5H3. The first-order valence-electron chi connectivity index (χ1n) is 8.17. The van der Waals surface area contributed by atoms with Crippen LogP contribution >= 0.6 is 0 Å². The largest absolute Gasteiger partial charge is 0.496 e. The van der Waals surface area contributed by atoms with Crippen molar-refractivity contribution in [3.8, 4) is 5.75 Å². The number of benzene rings is 2. The molecule has 0 aliphatic carbocycles. The number of hydrogen-bond acceptors (Lipinski definition) is 3. The van der Waals surface area contributed by atoms with E-state index in [0.29, 0.717) is 0 Å². The summed E-state index contributed by atoms with van der Waals surface area (Å²) in [6, 6.07) is 16.2. The number of ether oxygens (including phenoxy) is 2. The van der Waals surface area contributed by atoms with Gasteiger partial charge in [-0.3, -0.25) is 4.79 Å². The van der Waals surface area contributed by atoms with E-state index in [0.717, 1.165) is 16.9 Å². The second-order valence-corrected chi connectivity index (χ2v) is 6.95. The third-order valence-corrected chi connectivity index (χ3v) is 4.27. The Hall–Kier alpha value is -2.29. The van der Waals surface area contributed by atoms with Crippen molar-refractivity contribution in [2.45, 2.75) is 38.5 Å². The third kappa shape index (κ3) is 4.16. The predicted molar refractivity (Wildman–Crippen MR) is 96.6 cm³/mol. The average molecular weight is 326 g/mol. The molecule has 0 spiro atoms. The van der Waals surface area contributed by atoms with Gasteiger partial charge in [-0.1, -0.05) is 63.2 Å². The van der Waals surface area contributed by atoms with Crippen LogP contribution in [0.1, 0.15) is 49.8 Å². The van der Waals surface area contributed by atoms with Gasteiger partial charge in [0, 0.05) is 11.5 Å². The van der Waals surface area contributed by atoms with Crippen LogP contribution in [-0.4, -0.2) is 20.2 Å². The molecule has 2 aromatic rings. The zero-order valence-corrected chi connectivity index (χ0v) is 15.1. The van der Waals surface area contributed by atoms with Crippen LogP contribution in [-0.2, 0) is 14.9 Å². The first-order valence-corrected chi connectivity index (χ1v) is 8.17. The summed E-state index contributed by atoms with van der Waals surface area (Å²) in [7, 11) is 3.09. The zero-order valence-electron chi connectivity index (χ0n) is 15.1. The Labute approximate surface area is 144 Å². The van der Waals surface area contributed by atoms with Crippen molar-refractivity contribution >= 4 is 5.97 Å². The van der Waals surface area contributed by atoms with Gasteiger partial charge < -0.3 is 9.47 Å². The normalized spacial score (nSPS) is 12.5. The lowest BCUT2D eigenvalue weighted by Gasteiger charge is -2.25. The van der Waals surface area contributed by atoms with E-state index in [2.05, 4.69) is 32.9 Å². The van der Waals surface area contributed by atoms with Gasteiger partial charge in [0.25, 0.3) is 0 Å². The quantitative estimate of drug-likeness (QED) is 0.748. The number of carbonyl (C=O) groups excluding carboxylic acids is 1. The van der Waals surface area contributed by atoms with Crippen molar-refractivity contribution < 1.29 is 14.3 Å². The van der Waals surface area contributed by atoms with Crippen LogP contribution in [0.4, 0.5) is 0 Å². The van der Waals surface area contributed by atoms with Gasteiger partial charge in [0.1, 0.15) is 5.75 Å². The fraction of sp³-hybridized carbons (Fsp3) is 0.381. The second kappa shape index (κ2) is 7.52. The minimum atomic E-state index is -0.230. The number of hydrogen-bond donors (Lipinski definition) is 0. The Morgan fingerprint density at radius 2 is 1.71 bits per heavy atom. The van der Waals surface area contributed by atoms with E-state index in [1.807, 2.05) is 36.4 Å². The van der Waals surface area contributed by atoms with Crippen LogP contribution in [0.25, 0.3) is 0 Å². The zero-order chi connectivity index (χ0) is 17.7. The summed E-state index contributed by atoms with van der Waals surface area (Å²) in [5.41, 5.74) is 3.32. The summed E-state index contributed by atoms with van der Waals surface area (Å²) in [5, 5.41) is 0. The minimum Gasteiger partial charge on any atom is -0.496 e. The lowest BCUT2D eigenvalue weighted by molar-refractivity contribution is -0.140. The number of rotatable bonds is 5. The summed E-state index contributed by atoms with van der Waals surface area (Å²) in [6.45, 7) is 6.53. The molecule has 0 saturated carbocycles. The van der Waals surface area contributed by atoms with Crippen LogP contribution in [0.2, 0.25) is 0 Å². The summed E-state index contributed by atoms with van der Waals surface area (Å²) in [6.07, 6.45) is 0.282. The number of esters is 1. The van der Waals surface area contributed by atoms with Crippen molar-refractivity contribution in [1.29, 1.82) is 0 Å². The predicted octanol–water partition coefficient (Wildman–Crippen LogP) is 4.69. The Balaban J connectivity index is 2.57. The fourth-order valence-corrected chi connectivity index (χ4v) is 2.82. The van der Waals surface area contributed by atoms with E-state index in [1.165, 1.54) is 12.7 Å². The maximum absolute atomic E-state index is 12.0. The Morgan fingerprint density at radius 1 is 1.04 bits per heavy atom. The summed E-state index contributed by atoms with van der Waals surface area (Å²) >= 11 is 0. The third-order valence-electron chi connectivity index (χ3n) is 4.27. The molecule has 128 valence electrons. The van der Waals surface area contributed by atoms with Crippen molar-refractivity contribution in [3.63, 3.8) is 0 Å². The summed E-state index contributed by atoms with van der Waals surface area (Å²) < 4.78 is 10.5. The van der Waals surface area contributed by atoms with Gasteiger partial charge in [-0.05, 0) is 22.6 Å². The highest BCUT2D eigenvalue weighted by Crippen LogP contribution is 2.37. The van der Waals surface area contributed by atoms with Crippen molar-refractivity contribution in [2.24, 2.45) is 0 Å². The second-order valence-electron chi connectivity index (χ2n) is 6.95. The van der Waals surface area contributed by atoms with Crippen LogP contribution in [0.3, 0.4) is 0 Å². The van der Waals surface area contributed by atoms with E-state index < -0.39 is 0 Å². The molecule has 2 aromatic carbocycles. The van der Waals surface area contributed by atoms with Crippen molar-refractivity contribution in [3.05, 3.63) is 65.2 Å². The summed E-state index contributed by atoms with van der Waals surface area (Å²) in [5.74, 6) is 0.462. The SMILES string of the molecule is COC(=O)CC(c1ccccc1)c1cc(C(C)(C)C)ccc1OC. The monoisotopic (exact) mass is 326 g/mol. The molecule has 24 heavy (non-hydrogen) atoms. The number of carbonyl (C=O) groups is 1. The summed E-state index contributed by atoms with van der Waals surface area (Å²) in [4.78, 5) is 12.0. The first kappa shape index (κ1) is 18.1. The molecular weight excluding hydrogens is 300 g/mol. The average Bonchev–Trinajstić information content (AvgIpc) is 2.58. The molecule has 0 aromatic heterocycles. The van der Waals surface area contributed by atoms with Gasteiger partial charge in [-0.25, -0.2) is 0 Å². The molecule has 0 aliphatic heterocycles. The van der Waals surface area contributed by atoms with Crippen molar-refractivity contribution in [2.75, 3.05) is 14.2 Å². The molecule has 0 fully saturated rings. The van der Waals surface area contributed by atoms with Gasteiger partial charge in [-0.15, -0.1) is 0 Å². The molecule has 1 unspecified atom stereocenters. The van der Waals surface area contributed by atoms with Crippen LogP contribution in [0.15, 0.2) is 48.5 Å². The Kier molecular flexibility index (Phi) is 5.66. The van der Waals surface area contributed by atoms with Crippen LogP contribution < -0.4 is 4.74 Å². The van der Waals surface area contributed by atoms with Gasteiger partial charge in [0.05, 0.1) is 20.6 Å². The van der Waals surface area contributed by atoms with E-state index >= 15 is 0 Å². The molecule has 1 atom stereocenters. The highest BCUT2D eigenvalue weighted by Gasteiger charge is 2.24. The highest BCUT2D eigenvalue weighted by molar-refractivity contribution is 5.71.